The summed E-state index contributed by atoms with van der Waals surface area (Å²) in [5, 5.41) is 2.47. The van der Waals surface area contributed by atoms with Crippen molar-refractivity contribution >= 4 is 23.7 Å². The fourth-order valence-corrected chi connectivity index (χ4v) is 3.76. The van der Waals surface area contributed by atoms with Crippen molar-refractivity contribution < 1.29 is 28.3 Å². The van der Waals surface area contributed by atoms with Gasteiger partial charge in [0.2, 0.25) is 11.8 Å². The molecule has 3 rings (SSSR count). The quantitative estimate of drug-likeness (QED) is 0.563. The van der Waals surface area contributed by atoms with Crippen LogP contribution in [0.1, 0.15) is 37.7 Å². The van der Waals surface area contributed by atoms with E-state index in [4.69, 9.17) is 4.74 Å². The average molecular weight is 390 g/mol. The van der Waals surface area contributed by atoms with Gasteiger partial charge in [0.25, 0.3) is 5.91 Å². The van der Waals surface area contributed by atoms with E-state index >= 15 is 0 Å². The van der Waals surface area contributed by atoms with E-state index in [9.17, 15) is 23.6 Å². The average Bonchev–Trinajstić information content (AvgIpc) is 2.94. The number of imide groups is 1. The SMILES string of the molecule is O=C(COC(=O)CCN1C(=O)[C@@H]2CCCC[C@H]2C1=O)NCc1ccccc1F. The first-order valence-corrected chi connectivity index (χ1v) is 9.48. The number of ether oxygens (including phenoxy) is 1. The lowest BCUT2D eigenvalue weighted by Crippen LogP contribution is -2.34. The van der Waals surface area contributed by atoms with Gasteiger partial charge in [-0.15, -0.1) is 0 Å². The highest BCUT2D eigenvalue weighted by atomic mass is 19.1. The minimum absolute atomic E-state index is 0.0113. The van der Waals surface area contributed by atoms with E-state index in [1.807, 2.05) is 0 Å². The molecular formula is C20H23FN2O5. The molecule has 1 N–H and O–H groups in total. The van der Waals surface area contributed by atoms with Gasteiger partial charge in [-0.1, -0.05) is 31.0 Å². The summed E-state index contributed by atoms with van der Waals surface area (Å²) in [5.41, 5.74) is 0.328. The minimum Gasteiger partial charge on any atom is -0.456 e. The first kappa shape index (κ1) is 20.0. The second-order valence-corrected chi connectivity index (χ2v) is 7.10. The molecule has 0 bridgehead atoms. The number of hydrogen-bond donors (Lipinski definition) is 1. The van der Waals surface area contributed by atoms with E-state index in [-0.39, 0.29) is 43.2 Å². The molecule has 28 heavy (non-hydrogen) atoms. The molecule has 150 valence electrons. The van der Waals surface area contributed by atoms with Gasteiger partial charge in [0, 0.05) is 18.7 Å². The molecule has 1 saturated carbocycles. The van der Waals surface area contributed by atoms with Gasteiger partial charge in [-0.2, -0.15) is 0 Å². The Morgan fingerprint density at radius 2 is 1.75 bits per heavy atom. The van der Waals surface area contributed by atoms with Crippen LogP contribution in [0, 0.1) is 17.7 Å². The van der Waals surface area contributed by atoms with Crippen LogP contribution in [-0.4, -0.2) is 41.7 Å². The Morgan fingerprint density at radius 1 is 1.11 bits per heavy atom. The first-order chi connectivity index (χ1) is 13.5. The molecule has 1 saturated heterocycles. The summed E-state index contributed by atoms with van der Waals surface area (Å²) >= 11 is 0. The Bertz CT molecular complexity index is 758. The molecule has 2 fully saturated rings. The predicted molar refractivity (Wildman–Crippen MR) is 96.0 cm³/mol. The fraction of sp³-hybridized carbons (Fsp3) is 0.500. The summed E-state index contributed by atoms with van der Waals surface area (Å²) in [6.45, 7) is -0.538. The summed E-state index contributed by atoms with van der Waals surface area (Å²) < 4.78 is 18.4. The molecule has 0 spiro atoms. The number of nitrogens with zero attached hydrogens (tertiary/aromatic N) is 1. The van der Waals surface area contributed by atoms with Crippen molar-refractivity contribution in [1.82, 2.24) is 10.2 Å². The Balaban J connectivity index is 1.38. The third-order valence-corrected chi connectivity index (χ3v) is 5.27. The molecule has 8 heteroatoms. The lowest BCUT2D eigenvalue weighted by atomic mass is 9.81. The van der Waals surface area contributed by atoms with Crippen LogP contribution < -0.4 is 5.32 Å². The monoisotopic (exact) mass is 390 g/mol. The van der Waals surface area contributed by atoms with Gasteiger partial charge in [0.15, 0.2) is 6.61 Å². The maximum absolute atomic E-state index is 13.5. The third-order valence-electron chi connectivity index (χ3n) is 5.27. The number of halogens is 1. The van der Waals surface area contributed by atoms with Crippen molar-refractivity contribution in [2.75, 3.05) is 13.2 Å². The van der Waals surface area contributed by atoms with Crippen LogP contribution >= 0.6 is 0 Å². The summed E-state index contributed by atoms with van der Waals surface area (Å²) in [6.07, 6.45) is 3.17. The molecule has 0 aromatic heterocycles. The Labute approximate surface area is 162 Å². The van der Waals surface area contributed by atoms with Gasteiger partial charge in [0.1, 0.15) is 5.82 Å². The first-order valence-electron chi connectivity index (χ1n) is 9.48. The Kier molecular flexibility index (Phi) is 6.38. The second kappa shape index (κ2) is 8.95. The largest absolute Gasteiger partial charge is 0.456 e. The number of benzene rings is 1. The van der Waals surface area contributed by atoms with Gasteiger partial charge >= 0.3 is 5.97 Å². The Morgan fingerprint density at radius 3 is 2.39 bits per heavy atom. The second-order valence-electron chi connectivity index (χ2n) is 7.10. The predicted octanol–water partition coefficient (Wildman–Crippen LogP) is 1.55. The molecule has 1 heterocycles. The van der Waals surface area contributed by atoms with Crippen molar-refractivity contribution in [3.05, 3.63) is 35.6 Å². The third kappa shape index (κ3) is 4.55. The van der Waals surface area contributed by atoms with Gasteiger partial charge < -0.3 is 10.1 Å². The lowest BCUT2D eigenvalue weighted by Gasteiger charge is -2.19. The molecule has 2 atom stereocenters. The molecule has 7 nitrogen and oxygen atoms in total. The molecule has 1 aromatic rings. The number of carbonyl (C=O) groups excluding carboxylic acids is 4. The van der Waals surface area contributed by atoms with Crippen molar-refractivity contribution in [3.8, 4) is 0 Å². The van der Waals surface area contributed by atoms with Gasteiger partial charge in [-0.25, -0.2) is 4.39 Å². The number of likely N-dealkylation sites (tertiary alicyclic amines) is 1. The van der Waals surface area contributed by atoms with Crippen LogP contribution in [0.2, 0.25) is 0 Å². The number of rotatable bonds is 7. The molecule has 0 unspecified atom stereocenters. The van der Waals surface area contributed by atoms with Gasteiger partial charge in [-0.3, -0.25) is 24.1 Å². The lowest BCUT2D eigenvalue weighted by molar-refractivity contribution is -0.150. The van der Waals surface area contributed by atoms with E-state index in [1.165, 1.54) is 6.07 Å². The summed E-state index contributed by atoms with van der Waals surface area (Å²) in [5.74, 6) is -2.56. The van der Waals surface area contributed by atoms with E-state index < -0.39 is 24.3 Å². The van der Waals surface area contributed by atoms with Gasteiger partial charge in [0.05, 0.1) is 18.3 Å². The molecule has 3 amide bonds. The zero-order chi connectivity index (χ0) is 20.1. The number of fused-ring (bicyclic) bond motifs is 1. The molecule has 0 radical (unpaired) electrons. The smallest absolute Gasteiger partial charge is 0.308 e. The molecule has 1 aliphatic heterocycles. The van der Waals surface area contributed by atoms with Crippen LogP contribution in [0.15, 0.2) is 24.3 Å². The van der Waals surface area contributed by atoms with E-state index in [2.05, 4.69) is 5.32 Å². The van der Waals surface area contributed by atoms with Crippen LogP contribution in [0.3, 0.4) is 0 Å². The van der Waals surface area contributed by atoms with Crippen LogP contribution in [0.5, 0.6) is 0 Å². The standard InChI is InChI=1S/C20H23FN2O5/c21-16-8-4-1-5-13(16)11-22-17(24)12-28-18(25)9-10-23-19(26)14-6-2-3-7-15(14)20(23)27/h1,4-5,8,14-15H,2-3,6-7,9-12H2,(H,22,24)/t14-,15-/m1/s1. The van der Waals surface area contributed by atoms with E-state index in [0.29, 0.717) is 5.56 Å². The summed E-state index contributed by atoms with van der Waals surface area (Å²) in [4.78, 5) is 49.4. The summed E-state index contributed by atoms with van der Waals surface area (Å²) in [6, 6.07) is 6.04. The van der Waals surface area contributed by atoms with E-state index in [0.717, 1.165) is 30.6 Å². The van der Waals surface area contributed by atoms with Crippen molar-refractivity contribution in [3.63, 3.8) is 0 Å². The molecule has 2 aliphatic rings. The summed E-state index contributed by atoms with van der Waals surface area (Å²) in [7, 11) is 0. The zero-order valence-corrected chi connectivity index (χ0v) is 15.5. The normalized spacial score (nSPS) is 21.4. The topological polar surface area (TPSA) is 92.8 Å². The minimum atomic E-state index is -0.670. The maximum atomic E-state index is 13.5. The van der Waals surface area contributed by atoms with E-state index in [1.54, 1.807) is 18.2 Å². The van der Waals surface area contributed by atoms with Crippen LogP contribution in [-0.2, 0) is 30.5 Å². The number of carbonyl (C=O) groups is 4. The zero-order valence-electron chi connectivity index (χ0n) is 15.5. The van der Waals surface area contributed by atoms with Crippen molar-refractivity contribution in [1.29, 1.82) is 0 Å². The maximum Gasteiger partial charge on any atom is 0.308 e. The molecule has 1 aliphatic carbocycles. The van der Waals surface area contributed by atoms with Crippen LogP contribution in [0.25, 0.3) is 0 Å². The highest BCUT2D eigenvalue weighted by molar-refractivity contribution is 6.05. The Hall–Kier alpha value is -2.77. The number of hydrogen-bond acceptors (Lipinski definition) is 5. The molecular weight excluding hydrogens is 367 g/mol. The van der Waals surface area contributed by atoms with Crippen LogP contribution in [0.4, 0.5) is 4.39 Å². The number of esters is 1. The molecule has 1 aromatic carbocycles. The fourth-order valence-electron chi connectivity index (χ4n) is 3.76. The highest BCUT2D eigenvalue weighted by Crippen LogP contribution is 2.37. The number of nitrogens with one attached hydrogen (secondary N) is 1. The highest BCUT2D eigenvalue weighted by Gasteiger charge is 2.47. The van der Waals surface area contributed by atoms with Crippen molar-refractivity contribution in [2.45, 2.75) is 38.6 Å². The van der Waals surface area contributed by atoms with Crippen molar-refractivity contribution in [2.24, 2.45) is 11.8 Å². The number of amides is 3. The van der Waals surface area contributed by atoms with Gasteiger partial charge in [-0.05, 0) is 18.9 Å².